The molecule has 0 aromatic heterocycles. The second-order valence-electron chi connectivity index (χ2n) is 7.44. The Hall–Kier alpha value is -3.20. The van der Waals surface area contributed by atoms with Gasteiger partial charge in [-0.1, -0.05) is 109 Å². The van der Waals surface area contributed by atoms with Crippen LogP contribution in [0.2, 0.25) is 0 Å². The van der Waals surface area contributed by atoms with Crippen molar-refractivity contribution < 1.29 is 0 Å². The molecule has 2 heteroatoms. The van der Waals surface area contributed by atoms with Gasteiger partial charge in [-0.15, -0.1) is 0 Å². The summed E-state index contributed by atoms with van der Waals surface area (Å²) >= 11 is 0. The maximum atomic E-state index is 3.59. The van der Waals surface area contributed by atoms with Gasteiger partial charge in [0.2, 0.25) is 0 Å². The summed E-state index contributed by atoms with van der Waals surface area (Å²) in [6.45, 7) is 0. The lowest BCUT2D eigenvalue weighted by atomic mass is 9.85. The largest absolute Gasteiger partial charge is 0.311 e. The topological polar surface area (TPSA) is 24.1 Å². The number of rotatable bonds is 7. The molecule has 2 atom stereocenters. The Labute approximate surface area is 179 Å². The third kappa shape index (κ3) is 4.06. The lowest BCUT2D eigenvalue weighted by molar-refractivity contribution is 0.434. The summed E-state index contributed by atoms with van der Waals surface area (Å²) in [7, 11) is 4.09. The molecule has 0 unspecified atom stereocenters. The van der Waals surface area contributed by atoms with Crippen molar-refractivity contribution in [3.05, 3.63) is 120 Å². The Kier molecular flexibility index (Phi) is 6.38. The molecule has 30 heavy (non-hydrogen) atoms. The highest BCUT2D eigenvalue weighted by Gasteiger charge is 2.26. The molecule has 0 saturated heterocycles. The zero-order valence-electron chi connectivity index (χ0n) is 17.5. The standard InChI is InChI=1S/C28H28N2/c1-29-27(25-19-11-9-17-23(25)21-13-5-3-6-14-21)28(30-2)26-20-12-10-18-24(26)22-15-7-4-8-16-22/h3-20,27-30H,1-2H3/t27-,28-/m1/s1. The molecule has 4 aromatic rings. The highest BCUT2D eigenvalue weighted by Crippen LogP contribution is 2.38. The molecule has 0 spiro atoms. The molecular weight excluding hydrogens is 364 g/mol. The van der Waals surface area contributed by atoms with Gasteiger partial charge in [0, 0.05) is 0 Å². The van der Waals surface area contributed by atoms with Gasteiger partial charge >= 0.3 is 0 Å². The number of likely N-dealkylation sites (N-methyl/N-ethyl adjacent to an activating group) is 2. The second-order valence-corrected chi connectivity index (χ2v) is 7.44. The van der Waals surface area contributed by atoms with E-state index in [2.05, 4.69) is 120 Å². The Morgan fingerprint density at radius 1 is 0.433 bits per heavy atom. The summed E-state index contributed by atoms with van der Waals surface area (Å²) in [5, 5.41) is 7.19. The molecule has 2 N–H and O–H groups in total. The van der Waals surface area contributed by atoms with Crippen LogP contribution < -0.4 is 10.6 Å². The summed E-state index contributed by atoms with van der Waals surface area (Å²) < 4.78 is 0. The first kappa shape index (κ1) is 20.1. The smallest absolute Gasteiger partial charge is 0.0522 e. The zero-order chi connectivity index (χ0) is 20.8. The predicted molar refractivity (Wildman–Crippen MR) is 127 cm³/mol. The minimum atomic E-state index is 0.108. The van der Waals surface area contributed by atoms with Crippen LogP contribution in [0.1, 0.15) is 23.2 Å². The third-order valence-electron chi connectivity index (χ3n) is 5.72. The molecule has 0 aliphatic heterocycles. The normalized spacial score (nSPS) is 13.0. The number of nitrogens with one attached hydrogen (secondary N) is 2. The van der Waals surface area contributed by atoms with E-state index in [-0.39, 0.29) is 12.1 Å². The van der Waals surface area contributed by atoms with Crippen molar-refractivity contribution in [2.45, 2.75) is 12.1 Å². The average molecular weight is 393 g/mol. The van der Waals surface area contributed by atoms with E-state index in [9.17, 15) is 0 Å². The Morgan fingerprint density at radius 2 is 0.767 bits per heavy atom. The summed E-state index contributed by atoms with van der Waals surface area (Å²) in [6.07, 6.45) is 0. The van der Waals surface area contributed by atoms with Gasteiger partial charge in [-0.25, -0.2) is 0 Å². The van der Waals surface area contributed by atoms with E-state index in [1.165, 1.54) is 33.4 Å². The highest BCUT2D eigenvalue weighted by molar-refractivity contribution is 5.70. The van der Waals surface area contributed by atoms with Crippen molar-refractivity contribution in [3.8, 4) is 22.3 Å². The highest BCUT2D eigenvalue weighted by atomic mass is 15.0. The Bertz CT molecular complexity index is 985. The molecule has 0 amide bonds. The lowest BCUT2D eigenvalue weighted by Gasteiger charge is -2.31. The fraction of sp³-hybridized carbons (Fsp3) is 0.143. The molecule has 0 radical (unpaired) electrons. The molecule has 2 nitrogen and oxygen atoms in total. The summed E-state index contributed by atoms with van der Waals surface area (Å²) in [4.78, 5) is 0. The van der Waals surface area contributed by atoms with Gasteiger partial charge in [0.1, 0.15) is 0 Å². The van der Waals surface area contributed by atoms with Crippen LogP contribution in [-0.4, -0.2) is 14.1 Å². The van der Waals surface area contributed by atoms with Crippen molar-refractivity contribution in [2.75, 3.05) is 14.1 Å². The van der Waals surface area contributed by atoms with Crippen LogP contribution in [0.3, 0.4) is 0 Å². The minimum absolute atomic E-state index is 0.108. The first-order valence-corrected chi connectivity index (χ1v) is 10.5. The molecule has 0 saturated carbocycles. The maximum absolute atomic E-state index is 3.59. The van der Waals surface area contributed by atoms with Crippen LogP contribution in [0.5, 0.6) is 0 Å². The molecule has 0 fully saturated rings. The van der Waals surface area contributed by atoms with Gasteiger partial charge in [-0.05, 0) is 47.5 Å². The van der Waals surface area contributed by atoms with Crippen molar-refractivity contribution in [2.24, 2.45) is 0 Å². The van der Waals surface area contributed by atoms with Gasteiger partial charge in [0.25, 0.3) is 0 Å². The van der Waals surface area contributed by atoms with Crippen LogP contribution >= 0.6 is 0 Å². The molecule has 0 aliphatic rings. The monoisotopic (exact) mass is 392 g/mol. The minimum Gasteiger partial charge on any atom is -0.311 e. The Balaban J connectivity index is 1.82. The van der Waals surface area contributed by atoms with E-state index >= 15 is 0 Å². The van der Waals surface area contributed by atoms with Crippen LogP contribution in [0.15, 0.2) is 109 Å². The van der Waals surface area contributed by atoms with Crippen molar-refractivity contribution >= 4 is 0 Å². The van der Waals surface area contributed by atoms with E-state index in [1.54, 1.807) is 0 Å². The molecular formula is C28H28N2. The molecule has 0 bridgehead atoms. The first-order chi connectivity index (χ1) is 14.8. The molecule has 4 rings (SSSR count). The predicted octanol–water partition coefficient (Wildman–Crippen LogP) is 6.24. The Morgan fingerprint density at radius 3 is 1.13 bits per heavy atom. The van der Waals surface area contributed by atoms with Crippen molar-refractivity contribution in [1.29, 1.82) is 0 Å². The van der Waals surface area contributed by atoms with Crippen LogP contribution in [0.4, 0.5) is 0 Å². The third-order valence-corrected chi connectivity index (χ3v) is 5.72. The van der Waals surface area contributed by atoms with Gasteiger partial charge < -0.3 is 10.6 Å². The molecule has 0 aliphatic carbocycles. The summed E-state index contributed by atoms with van der Waals surface area (Å²) in [6, 6.07) is 38.8. The van der Waals surface area contributed by atoms with Crippen LogP contribution in [0.25, 0.3) is 22.3 Å². The van der Waals surface area contributed by atoms with E-state index in [1.807, 2.05) is 14.1 Å². The molecule has 150 valence electrons. The van der Waals surface area contributed by atoms with E-state index in [0.29, 0.717) is 0 Å². The first-order valence-electron chi connectivity index (χ1n) is 10.5. The quantitative estimate of drug-likeness (QED) is 0.389. The average Bonchev–Trinajstić information content (AvgIpc) is 2.84. The van der Waals surface area contributed by atoms with Gasteiger partial charge in [-0.2, -0.15) is 0 Å². The van der Waals surface area contributed by atoms with Gasteiger partial charge in [0.15, 0.2) is 0 Å². The lowest BCUT2D eigenvalue weighted by Crippen LogP contribution is -2.32. The van der Waals surface area contributed by atoms with Crippen LogP contribution in [0, 0.1) is 0 Å². The number of hydrogen-bond acceptors (Lipinski definition) is 2. The van der Waals surface area contributed by atoms with E-state index in [0.717, 1.165) is 0 Å². The van der Waals surface area contributed by atoms with E-state index < -0.39 is 0 Å². The zero-order valence-corrected chi connectivity index (χ0v) is 17.5. The van der Waals surface area contributed by atoms with Gasteiger partial charge in [0.05, 0.1) is 12.1 Å². The molecule has 0 heterocycles. The fourth-order valence-corrected chi connectivity index (χ4v) is 4.30. The number of hydrogen-bond donors (Lipinski definition) is 2. The fourth-order valence-electron chi connectivity index (χ4n) is 4.30. The van der Waals surface area contributed by atoms with Crippen molar-refractivity contribution in [1.82, 2.24) is 10.6 Å². The summed E-state index contributed by atoms with van der Waals surface area (Å²) in [5.74, 6) is 0. The van der Waals surface area contributed by atoms with E-state index in [4.69, 9.17) is 0 Å². The second kappa shape index (κ2) is 9.53. The maximum Gasteiger partial charge on any atom is 0.0522 e. The van der Waals surface area contributed by atoms with Crippen molar-refractivity contribution in [3.63, 3.8) is 0 Å². The summed E-state index contributed by atoms with van der Waals surface area (Å²) in [5.41, 5.74) is 7.56. The SMILES string of the molecule is CN[C@H](c1ccccc1-c1ccccc1)[C@H](NC)c1ccccc1-c1ccccc1. The van der Waals surface area contributed by atoms with Gasteiger partial charge in [-0.3, -0.25) is 0 Å². The molecule has 4 aromatic carbocycles. The van der Waals surface area contributed by atoms with Crippen LogP contribution in [-0.2, 0) is 0 Å². The number of benzene rings is 4.